The van der Waals surface area contributed by atoms with Crippen molar-refractivity contribution in [2.45, 2.75) is 19.5 Å². The smallest absolute Gasteiger partial charge is 0.337 e. The van der Waals surface area contributed by atoms with Gasteiger partial charge in [-0.1, -0.05) is 18.2 Å². The van der Waals surface area contributed by atoms with Crippen LogP contribution in [0.4, 0.5) is 0 Å². The van der Waals surface area contributed by atoms with Gasteiger partial charge in [0.2, 0.25) is 0 Å². The normalized spacial score (nSPS) is 14.8. The summed E-state index contributed by atoms with van der Waals surface area (Å²) in [5.41, 5.74) is 4.70. The SMILES string of the molecule is O=C(O)c1cccnc1CN1CCc2[nH]c3ccccc3c2C1. The van der Waals surface area contributed by atoms with E-state index in [4.69, 9.17) is 0 Å². The van der Waals surface area contributed by atoms with Crippen LogP contribution in [-0.4, -0.2) is 32.5 Å². The van der Waals surface area contributed by atoms with Gasteiger partial charge in [-0.15, -0.1) is 0 Å². The van der Waals surface area contributed by atoms with Crippen LogP contribution in [0, 0.1) is 0 Å². The minimum atomic E-state index is -0.919. The van der Waals surface area contributed by atoms with E-state index in [1.165, 1.54) is 22.2 Å². The molecule has 23 heavy (non-hydrogen) atoms. The molecule has 1 aromatic carbocycles. The van der Waals surface area contributed by atoms with Gasteiger partial charge in [-0.3, -0.25) is 9.88 Å². The van der Waals surface area contributed by atoms with Crippen molar-refractivity contribution < 1.29 is 9.90 Å². The van der Waals surface area contributed by atoms with Crippen molar-refractivity contribution in [2.24, 2.45) is 0 Å². The summed E-state index contributed by atoms with van der Waals surface area (Å²) in [4.78, 5) is 21.4. The number of pyridine rings is 1. The molecule has 0 fully saturated rings. The summed E-state index contributed by atoms with van der Waals surface area (Å²) in [5, 5.41) is 10.6. The van der Waals surface area contributed by atoms with Gasteiger partial charge in [0.15, 0.2) is 0 Å². The van der Waals surface area contributed by atoms with Gasteiger partial charge < -0.3 is 10.1 Å². The Morgan fingerprint density at radius 2 is 2.13 bits per heavy atom. The number of benzene rings is 1. The third-order valence-electron chi connectivity index (χ3n) is 4.46. The summed E-state index contributed by atoms with van der Waals surface area (Å²) in [6.45, 7) is 2.27. The highest BCUT2D eigenvalue weighted by Gasteiger charge is 2.22. The van der Waals surface area contributed by atoms with Crippen molar-refractivity contribution in [2.75, 3.05) is 6.54 Å². The first-order chi connectivity index (χ1) is 11.2. The molecule has 4 rings (SSSR count). The second kappa shape index (κ2) is 5.52. The number of hydrogen-bond acceptors (Lipinski definition) is 3. The van der Waals surface area contributed by atoms with Crippen LogP contribution in [0.25, 0.3) is 10.9 Å². The Hall–Kier alpha value is -2.66. The Morgan fingerprint density at radius 3 is 3.00 bits per heavy atom. The average Bonchev–Trinajstić information content (AvgIpc) is 2.93. The van der Waals surface area contributed by atoms with Gasteiger partial charge in [-0.2, -0.15) is 0 Å². The third-order valence-corrected chi connectivity index (χ3v) is 4.46. The first kappa shape index (κ1) is 14.0. The standard InChI is InChI=1S/C18H17N3O2/c22-18(23)13-5-3-8-19-17(13)11-21-9-7-16-14(10-21)12-4-1-2-6-15(12)20-16/h1-6,8,20H,7,9-11H2,(H,22,23). The molecule has 116 valence electrons. The Bertz CT molecular complexity index is 885. The average molecular weight is 307 g/mol. The van der Waals surface area contributed by atoms with E-state index in [0.29, 0.717) is 12.2 Å². The highest BCUT2D eigenvalue weighted by atomic mass is 16.4. The molecule has 2 aromatic heterocycles. The van der Waals surface area contributed by atoms with Crippen molar-refractivity contribution in [3.05, 3.63) is 65.1 Å². The van der Waals surface area contributed by atoms with Crippen LogP contribution in [-0.2, 0) is 19.5 Å². The number of fused-ring (bicyclic) bond motifs is 3. The largest absolute Gasteiger partial charge is 0.478 e. The van der Waals surface area contributed by atoms with Gasteiger partial charge in [-0.05, 0) is 23.8 Å². The molecule has 3 heterocycles. The van der Waals surface area contributed by atoms with E-state index in [-0.39, 0.29) is 5.56 Å². The van der Waals surface area contributed by atoms with Crippen LogP contribution >= 0.6 is 0 Å². The number of carbonyl (C=O) groups is 1. The predicted octanol–water partition coefficient (Wildman–Crippen LogP) is 2.82. The lowest BCUT2D eigenvalue weighted by Gasteiger charge is -2.27. The third kappa shape index (κ3) is 2.49. The first-order valence-corrected chi connectivity index (χ1v) is 7.70. The molecular formula is C18H17N3O2. The Kier molecular flexibility index (Phi) is 3.35. The minimum absolute atomic E-state index is 0.289. The number of carboxylic acids is 1. The fourth-order valence-electron chi connectivity index (χ4n) is 3.33. The van der Waals surface area contributed by atoms with E-state index in [9.17, 15) is 9.90 Å². The molecule has 0 spiro atoms. The topological polar surface area (TPSA) is 69.2 Å². The molecule has 1 aliphatic heterocycles. The zero-order valence-electron chi connectivity index (χ0n) is 12.6. The van der Waals surface area contributed by atoms with E-state index >= 15 is 0 Å². The van der Waals surface area contributed by atoms with E-state index in [2.05, 4.69) is 33.1 Å². The molecule has 0 unspecified atom stereocenters. The Labute approximate surface area is 133 Å². The second-order valence-corrected chi connectivity index (χ2v) is 5.89. The molecule has 0 amide bonds. The molecule has 0 saturated heterocycles. The number of carboxylic acid groups (broad SMARTS) is 1. The number of rotatable bonds is 3. The van der Waals surface area contributed by atoms with E-state index < -0.39 is 5.97 Å². The van der Waals surface area contributed by atoms with Crippen LogP contribution in [0.15, 0.2) is 42.6 Å². The number of nitrogens with zero attached hydrogens (tertiary/aromatic N) is 2. The quantitative estimate of drug-likeness (QED) is 0.780. The van der Waals surface area contributed by atoms with E-state index in [0.717, 1.165) is 19.5 Å². The molecule has 3 aromatic rings. The maximum Gasteiger partial charge on any atom is 0.337 e. The molecule has 0 radical (unpaired) electrons. The number of nitrogens with one attached hydrogen (secondary N) is 1. The molecule has 0 saturated carbocycles. The van der Waals surface area contributed by atoms with Crippen LogP contribution in [0.1, 0.15) is 27.3 Å². The molecule has 5 nitrogen and oxygen atoms in total. The zero-order valence-corrected chi connectivity index (χ0v) is 12.6. The summed E-state index contributed by atoms with van der Waals surface area (Å²) in [6, 6.07) is 11.6. The molecule has 0 bridgehead atoms. The number of para-hydroxylation sites is 1. The van der Waals surface area contributed by atoms with Gasteiger partial charge in [0.1, 0.15) is 0 Å². The molecule has 5 heteroatoms. The lowest BCUT2D eigenvalue weighted by atomic mass is 10.0. The summed E-state index contributed by atoms with van der Waals surface area (Å²) in [5.74, 6) is -0.919. The lowest BCUT2D eigenvalue weighted by Crippen LogP contribution is -2.30. The maximum atomic E-state index is 11.3. The Balaban J connectivity index is 1.63. The highest BCUT2D eigenvalue weighted by molar-refractivity contribution is 5.88. The summed E-state index contributed by atoms with van der Waals surface area (Å²) >= 11 is 0. The van der Waals surface area contributed by atoms with Crippen molar-refractivity contribution in [1.82, 2.24) is 14.9 Å². The van der Waals surface area contributed by atoms with Crippen LogP contribution in [0.2, 0.25) is 0 Å². The number of H-pyrrole nitrogens is 1. The number of aromatic amines is 1. The monoisotopic (exact) mass is 307 g/mol. The summed E-state index contributed by atoms with van der Waals surface area (Å²) in [7, 11) is 0. The van der Waals surface area contributed by atoms with Crippen LogP contribution in [0.5, 0.6) is 0 Å². The van der Waals surface area contributed by atoms with Gasteiger partial charge in [0.05, 0.1) is 11.3 Å². The molecule has 2 N–H and O–H groups in total. The van der Waals surface area contributed by atoms with Crippen molar-refractivity contribution in [1.29, 1.82) is 0 Å². The molecule has 0 aliphatic carbocycles. The predicted molar refractivity (Wildman–Crippen MR) is 87.3 cm³/mol. The van der Waals surface area contributed by atoms with Gasteiger partial charge in [0, 0.05) is 48.8 Å². The van der Waals surface area contributed by atoms with Crippen molar-refractivity contribution in [3.63, 3.8) is 0 Å². The van der Waals surface area contributed by atoms with Crippen LogP contribution in [0.3, 0.4) is 0 Å². The summed E-state index contributed by atoms with van der Waals surface area (Å²) < 4.78 is 0. The van der Waals surface area contributed by atoms with Crippen molar-refractivity contribution >= 4 is 16.9 Å². The van der Waals surface area contributed by atoms with Crippen molar-refractivity contribution in [3.8, 4) is 0 Å². The summed E-state index contributed by atoms with van der Waals surface area (Å²) in [6.07, 6.45) is 2.60. The van der Waals surface area contributed by atoms with E-state index in [1.54, 1.807) is 18.3 Å². The van der Waals surface area contributed by atoms with Gasteiger partial charge in [-0.25, -0.2) is 4.79 Å². The minimum Gasteiger partial charge on any atom is -0.478 e. The molecule has 1 aliphatic rings. The first-order valence-electron chi connectivity index (χ1n) is 7.70. The van der Waals surface area contributed by atoms with Gasteiger partial charge >= 0.3 is 5.97 Å². The zero-order chi connectivity index (χ0) is 15.8. The lowest BCUT2D eigenvalue weighted by molar-refractivity contribution is 0.0693. The molecule has 0 atom stereocenters. The van der Waals surface area contributed by atoms with Gasteiger partial charge in [0.25, 0.3) is 0 Å². The maximum absolute atomic E-state index is 11.3. The fraction of sp³-hybridized carbons (Fsp3) is 0.222. The van der Waals surface area contributed by atoms with E-state index in [1.807, 2.05) is 6.07 Å². The highest BCUT2D eigenvalue weighted by Crippen LogP contribution is 2.28. The number of hydrogen-bond donors (Lipinski definition) is 2. The molecular weight excluding hydrogens is 290 g/mol. The second-order valence-electron chi connectivity index (χ2n) is 5.89. The number of aromatic carboxylic acids is 1. The Morgan fingerprint density at radius 1 is 1.26 bits per heavy atom. The number of aromatic nitrogens is 2. The van der Waals surface area contributed by atoms with Crippen LogP contribution < -0.4 is 0 Å². The fourth-order valence-corrected chi connectivity index (χ4v) is 3.33.